The largest absolute Gasteiger partial charge is 0.444 e. The molecule has 2 aromatic carbocycles. The molecule has 160 valence electrons. The summed E-state index contributed by atoms with van der Waals surface area (Å²) < 4.78 is 7.27. The zero-order valence-electron chi connectivity index (χ0n) is 16.9. The van der Waals surface area contributed by atoms with Crippen molar-refractivity contribution in [3.8, 4) is 6.01 Å². The summed E-state index contributed by atoms with van der Waals surface area (Å²) in [5.74, 6) is -0.311. The number of amides is 1. The standard InChI is InChI=1S/C22H23N5O4/c28-21(23-14-17-4-2-1-3-5-17)19-8-6-18(7-9-19)15-25-10-11-26-16-20(27(29)30)24-22(26)31-13-12-25/h1-9,16H,10-15H2,(H,23,28). The van der Waals surface area contributed by atoms with Crippen molar-refractivity contribution in [3.63, 3.8) is 0 Å². The molecule has 1 aromatic heterocycles. The normalized spacial score (nSPS) is 14.1. The summed E-state index contributed by atoms with van der Waals surface area (Å²) in [4.78, 5) is 28.9. The van der Waals surface area contributed by atoms with Crippen LogP contribution in [0.25, 0.3) is 0 Å². The Kier molecular flexibility index (Phi) is 6.23. The highest BCUT2D eigenvalue weighted by Gasteiger charge is 2.22. The van der Waals surface area contributed by atoms with Crippen LogP contribution in [0, 0.1) is 10.1 Å². The van der Waals surface area contributed by atoms with Gasteiger partial charge < -0.3 is 20.2 Å². The fraction of sp³-hybridized carbons (Fsp3) is 0.273. The van der Waals surface area contributed by atoms with E-state index in [1.165, 1.54) is 6.20 Å². The van der Waals surface area contributed by atoms with Crippen molar-refractivity contribution in [1.29, 1.82) is 0 Å². The first kappa shape index (κ1) is 20.5. The Labute approximate surface area is 179 Å². The third kappa shape index (κ3) is 5.26. The highest BCUT2D eigenvalue weighted by molar-refractivity contribution is 5.94. The van der Waals surface area contributed by atoms with Crippen LogP contribution < -0.4 is 10.1 Å². The third-order valence-corrected chi connectivity index (χ3v) is 5.13. The molecule has 0 saturated heterocycles. The number of imidazole rings is 1. The van der Waals surface area contributed by atoms with Gasteiger partial charge >= 0.3 is 11.8 Å². The summed E-state index contributed by atoms with van der Waals surface area (Å²) in [6.45, 7) is 3.53. The zero-order valence-corrected chi connectivity index (χ0v) is 16.9. The van der Waals surface area contributed by atoms with Crippen LogP contribution in [-0.4, -0.2) is 45.0 Å². The molecule has 1 aliphatic heterocycles. The number of ether oxygens (including phenoxy) is 1. The number of hydrogen-bond donors (Lipinski definition) is 1. The maximum Gasteiger partial charge on any atom is 0.414 e. The van der Waals surface area contributed by atoms with Crippen molar-refractivity contribution >= 4 is 11.7 Å². The Bertz CT molecular complexity index is 1050. The van der Waals surface area contributed by atoms with E-state index in [4.69, 9.17) is 4.74 Å². The summed E-state index contributed by atoms with van der Waals surface area (Å²) in [5, 5.41) is 13.8. The summed E-state index contributed by atoms with van der Waals surface area (Å²) in [6, 6.07) is 17.6. The monoisotopic (exact) mass is 421 g/mol. The van der Waals surface area contributed by atoms with E-state index in [2.05, 4.69) is 15.2 Å². The van der Waals surface area contributed by atoms with Crippen molar-refractivity contribution in [2.24, 2.45) is 0 Å². The van der Waals surface area contributed by atoms with Crippen LogP contribution in [0.15, 0.2) is 60.8 Å². The number of nitrogens with zero attached hydrogens (tertiary/aromatic N) is 4. The summed E-state index contributed by atoms with van der Waals surface area (Å²) >= 11 is 0. The second kappa shape index (κ2) is 9.40. The average Bonchev–Trinajstić information content (AvgIpc) is 3.18. The van der Waals surface area contributed by atoms with E-state index in [1.807, 2.05) is 54.6 Å². The van der Waals surface area contributed by atoms with Crippen molar-refractivity contribution < 1.29 is 14.5 Å². The van der Waals surface area contributed by atoms with Crippen LogP contribution in [0.5, 0.6) is 6.01 Å². The van der Waals surface area contributed by atoms with Gasteiger partial charge in [-0.15, -0.1) is 0 Å². The number of nitrogens with one attached hydrogen (secondary N) is 1. The first-order chi connectivity index (χ1) is 15.1. The molecule has 0 aliphatic carbocycles. The molecule has 1 N–H and O–H groups in total. The summed E-state index contributed by atoms with van der Waals surface area (Å²) in [5.41, 5.74) is 2.75. The Balaban J connectivity index is 1.32. The maximum absolute atomic E-state index is 12.4. The van der Waals surface area contributed by atoms with Gasteiger partial charge in [-0.1, -0.05) is 42.5 Å². The molecule has 0 saturated carbocycles. The van der Waals surface area contributed by atoms with E-state index < -0.39 is 4.92 Å². The van der Waals surface area contributed by atoms with Crippen LogP contribution in [0.4, 0.5) is 5.82 Å². The van der Waals surface area contributed by atoms with E-state index in [0.717, 1.165) is 11.1 Å². The minimum absolute atomic E-state index is 0.107. The molecular weight excluding hydrogens is 398 g/mol. The molecule has 0 atom stereocenters. The second-order valence-electron chi connectivity index (χ2n) is 7.32. The number of fused-ring (bicyclic) bond motifs is 1. The van der Waals surface area contributed by atoms with E-state index in [1.54, 1.807) is 4.57 Å². The number of benzene rings is 2. The number of aromatic nitrogens is 2. The number of carbonyl (C=O) groups excluding carboxylic acids is 1. The maximum atomic E-state index is 12.4. The molecule has 4 rings (SSSR count). The van der Waals surface area contributed by atoms with E-state index in [9.17, 15) is 14.9 Å². The third-order valence-electron chi connectivity index (χ3n) is 5.13. The van der Waals surface area contributed by atoms with E-state index >= 15 is 0 Å². The lowest BCUT2D eigenvalue weighted by Crippen LogP contribution is -2.33. The van der Waals surface area contributed by atoms with Gasteiger partial charge in [0.15, 0.2) is 0 Å². The Morgan fingerprint density at radius 1 is 1.06 bits per heavy atom. The Hall–Kier alpha value is -3.72. The molecule has 0 radical (unpaired) electrons. The molecule has 0 unspecified atom stereocenters. The fourth-order valence-electron chi connectivity index (χ4n) is 3.43. The van der Waals surface area contributed by atoms with Crippen molar-refractivity contribution in [2.45, 2.75) is 19.6 Å². The predicted octanol–water partition coefficient (Wildman–Crippen LogP) is 2.62. The molecule has 0 fully saturated rings. The van der Waals surface area contributed by atoms with Gasteiger partial charge in [0.25, 0.3) is 5.91 Å². The van der Waals surface area contributed by atoms with Gasteiger partial charge in [-0.2, -0.15) is 0 Å². The van der Waals surface area contributed by atoms with Gasteiger partial charge in [-0.25, -0.2) is 0 Å². The van der Waals surface area contributed by atoms with Gasteiger partial charge in [0.05, 0.1) is 0 Å². The van der Waals surface area contributed by atoms with Crippen molar-refractivity contribution in [3.05, 3.63) is 87.6 Å². The van der Waals surface area contributed by atoms with Crippen LogP contribution in [0.2, 0.25) is 0 Å². The van der Waals surface area contributed by atoms with Gasteiger partial charge in [-0.3, -0.25) is 14.3 Å². The molecule has 1 aliphatic rings. The highest BCUT2D eigenvalue weighted by atomic mass is 16.6. The molecule has 9 nitrogen and oxygen atoms in total. The molecule has 31 heavy (non-hydrogen) atoms. The average molecular weight is 421 g/mol. The molecule has 2 heterocycles. The lowest BCUT2D eigenvalue weighted by Gasteiger charge is -2.24. The van der Waals surface area contributed by atoms with Crippen LogP contribution in [0.3, 0.4) is 0 Å². The van der Waals surface area contributed by atoms with Crippen molar-refractivity contribution in [2.75, 3.05) is 19.7 Å². The van der Waals surface area contributed by atoms with Crippen LogP contribution >= 0.6 is 0 Å². The quantitative estimate of drug-likeness (QED) is 0.485. The van der Waals surface area contributed by atoms with Gasteiger partial charge in [0.1, 0.15) is 12.8 Å². The van der Waals surface area contributed by atoms with Crippen LogP contribution in [0.1, 0.15) is 21.5 Å². The molecule has 0 spiro atoms. The summed E-state index contributed by atoms with van der Waals surface area (Å²) in [6.07, 6.45) is 1.40. The molecule has 0 bridgehead atoms. The minimum Gasteiger partial charge on any atom is -0.444 e. The topological polar surface area (TPSA) is 103 Å². The SMILES string of the molecule is O=C(NCc1ccccc1)c1ccc(CN2CCOc3nc([N+](=O)[O-])cn3CC2)cc1. The number of rotatable bonds is 6. The van der Waals surface area contributed by atoms with E-state index in [-0.39, 0.29) is 17.7 Å². The molecule has 1 amide bonds. The Morgan fingerprint density at radius 3 is 2.58 bits per heavy atom. The van der Waals surface area contributed by atoms with Gasteiger partial charge in [-0.05, 0) is 28.2 Å². The second-order valence-corrected chi connectivity index (χ2v) is 7.32. The highest BCUT2D eigenvalue weighted by Crippen LogP contribution is 2.19. The van der Waals surface area contributed by atoms with E-state index in [0.29, 0.717) is 44.9 Å². The molecule has 3 aromatic rings. The van der Waals surface area contributed by atoms with Gasteiger partial charge in [0.2, 0.25) is 0 Å². The Morgan fingerprint density at radius 2 is 1.84 bits per heavy atom. The molecule has 9 heteroatoms. The number of carbonyl (C=O) groups is 1. The van der Waals surface area contributed by atoms with Crippen molar-refractivity contribution in [1.82, 2.24) is 19.8 Å². The number of nitro groups is 1. The summed E-state index contributed by atoms with van der Waals surface area (Å²) in [7, 11) is 0. The first-order valence-corrected chi connectivity index (χ1v) is 10.1. The fourth-order valence-corrected chi connectivity index (χ4v) is 3.43. The number of hydrogen-bond acceptors (Lipinski definition) is 6. The minimum atomic E-state index is -0.517. The predicted molar refractivity (Wildman–Crippen MR) is 114 cm³/mol. The zero-order chi connectivity index (χ0) is 21.6. The van der Waals surface area contributed by atoms with Crippen LogP contribution in [-0.2, 0) is 19.6 Å². The smallest absolute Gasteiger partial charge is 0.414 e. The van der Waals surface area contributed by atoms with Gasteiger partial charge in [0, 0.05) is 43.3 Å². The first-order valence-electron chi connectivity index (χ1n) is 10.1. The molecular formula is C22H23N5O4. The lowest BCUT2D eigenvalue weighted by molar-refractivity contribution is -0.389. The lowest BCUT2D eigenvalue weighted by atomic mass is 10.1.